The molecular weight excluding hydrogens is 514 g/mol. The van der Waals surface area contributed by atoms with Crippen molar-refractivity contribution in [2.45, 2.75) is 13.0 Å². The number of phenols is 1. The molecule has 3 rings (SSSR count). The molecule has 3 aromatic carbocycles. The van der Waals surface area contributed by atoms with E-state index < -0.39 is 18.1 Å². The van der Waals surface area contributed by atoms with Crippen molar-refractivity contribution < 1.29 is 24.2 Å². The first kappa shape index (κ1) is 25.6. The molecule has 35 heavy (non-hydrogen) atoms. The first-order valence-electron chi connectivity index (χ1n) is 10.7. The van der Waals surface area contributed by atoms with Gasteiger partial charge in [-0.15, -0.1) is 0 Å². The molecule has 0 saturated heterocycles. The van der Waals surface area contributed by atoms with E-state index in [0.717, 1.165) is 4.47 Å². The Hall–Kier alpha value is -3.98. The van der Waals surface area contributed by atoms with Crippen molar-refractivity contribution in [3.63, 3.8) is 0 Å². The van der Waals surface area contributed by atoms with Gasteiger partial charge in [-0.3, -0.25) is 10.1 Å². The second-order valence-corrected chi connectivity index (χ2v) is 8.60. The third kappa shape index (κ3) is 7.25. The zero-order valence-electron chi connectivity index (χ0n) is 19.2. The molecule has 0 aromatic heterocycles. The number of benzene rings is 3. The molecule has 0 fully saturated rings. The predicted octanol–water partition coefficient (Wildman–Crippen LogP) is 5.87. The van der Waals surface area contributed by atoms with Crippen LogP contribution in [0.3, 0.4) is 0 Å². The molecular formula is C26H26BrN3O5. The van der Waals surface area contributed by atoms with Crippen molar-refractivity contribution >= 4 is 45.0 Å². The molecule has 3 aromatic rings. The monoisotopic (exact) mass is 539 g/mol. The maximum atomic E-state index is 12.7. The van der Waals surface area contributed by atoms with Crippen LogP contribution < -0.4 is 21.1 Å². The topological polar surface area (TPSA) is 123 Å². The number of aromatic hydroxyl groups is 1. The lowest BCUT2D eigenvalue weighted by atomic mass is 9.96. The SMILES string of the molecule is COc1ccc([C@@H](OC(=O)Nc2ccc(Br)cc2)[C@H](C)/C=C/C(=O)Nc2ccccc2N)cc1O. The molecule has 0 aliphatic carbocycles. The van der Waals surface area contributed by atoms with Gasteiger partial charge in [0.05, 0.1) is 18.5 Å². The van der Waals surface area contributed by atoms with Gasteiger partial charge in [0.2, 0.25) is 5.91 Å². The van der Waals surface area contributed by atoms with Gasteiger partial charge in [0.1, 0.15) is 6.10 Å². The molecule has 0 saturated carbocycles. The molecule has 2 amide bonds. The van der Waals surface area contributed by atoms with E-state index in [-0.39, 0.29) is 17.4 Å². The summed E-state index contributed by atoms with van der Waals surface area (Å²) in [7, 11) is 1.44. The summed E-state index contributed by atoms with van der Waals surface area (Å²) in [6.07, 6.45) is 1.47. The number of nitrogens with two attached hydrogens (primary N) is 1. The molecule has 0 aliphatic rings. The van der Waals surface area contributed by atoms with E-state index in [2.05, 4.69) is 26.6 Å². The van der Waals surface area contributed by atoms with Gasteiger partial charge in [-0.1, -0.05) is 47.1 Å². The predicted molar refractivity (Wildman–Crippen MR) is 139 cm³/mol. The summed E-state index contributed by atoms with van der Waals surface area (Å²) < 4.78 is 11.7. The largest absolute Gasteiger partial charge is 0.504 e. The van der Waals surface area contributed by atoms with Gasteiger partial charge in [-0.2, -0.15) is 0 Å². The highest BCUT2D eigenvalue weighted by molar-refractivity contribution is 9.10. The third-order valence-electron chi connectivity index (χ3n) is 5.10. The highest BCUT2D eigenvalue weighted by Gasteiger charge is 2.24. The summed E-state index contributed by atoms with van der Waals surface area (Å²) in [5.41, 5.74) is 7.90. The highest BCUT2D eigenvalue weighted by atomic mass is 79.9. The molecule has 2 atom stereocenters. The number of methoxy groups -OCH3 is 1. The van der Waals surface area contributed by atoms with Crippen molar-refractivity contribution in [2.75, 3.05) is 23.5 Å². The van der Waals surface area contributed by atoms with Crippen LogP contribution in [-0.4, -0.2) is 24.2 Å². The van der Waals surface area contributed by atoms with E-state index in [0.29, 0.717) is 22.6 Å². The molecule has 5 N–H and O–H groups in total. The quantitative estimate of drug-likeness (QED) is 0.210. The number of carbonyl (C=O) groups is 2. The normalized spacial score (nSPS) is 12.5. The smallest absolute Gasteiger partial charge is 0.412 e. The van der Waals surface area contributed by atoms with E-state index in [4.69, 9.17) is 15.2 Å². The Labute approximate surface area is 211 Å². The van der Waals surface area contributed by atoms with E-state index in [1.54, 1.807) is 73.7 Å². The molecule has 0 aliphatic heterocycles. The van der Waals surface area contributed by atoms with Gasteiger partial charge in [-0.05, 0) is 60.2 Å². The van der Waals surface area contributed by atoms with Crippen LogP contribution >= 0.6 is 15.9 Å². The van der Waals surface area contributed by atoms with Crippen LogP contribution in [0.4, 0.5) is 21.9 Å². The number of hydrogen-bond acceptors (Lipinski definition) is 6. The van der Waals surface area contributed by atoms with E-state index >= 15 is 0 Å². The molecule has 8 nitrogen and oxygen atoms in total. The van der Waals surface area contributed by atoms with Crippen LogP contribution in [0.25, 0.3) is 0 Å². The lowest BCUT2D eigenvalue weighted by molar-refractivity contribution is -0.111. The number of ether oxygens (including phenoxy) is 2. The minimum Gasteiger partial charge on any atom is -0.504 e. The number of anilines is 3. The summed E-state index contributed by atoms with van der Waals surface area (Å²) >= 11 is 3.35. The number of phenolic OH excluding ortho intramolecular Hbond substituents is 1. The fourth-order valence-corrected chi connectivity index (χ4v) is 3.55. The second-order valence-electron chi connectivity index (χ2n) is 7.68. The van der Waals surface area contributed by atoms with Crippen LogP contribution in [0.15, 0.2) is 83.4 Å². The van der Waals surface area contributed by atoms with Gasteiger partial charge in [-0.25, -0.2) is 4.79 Å². The summed E-state index contributed by atoms with van der Waals surface area (Å²) in [4.78, 5) is 25.1. The summed E-state index contributed by atoms with van der Waals surface area (Å²) in [6, 6.07) is 18.7. The highest BCUT2D eigenvalue weighted by Crippen LogP contribution is 2.34. The lowest BCUT2D eigenvalue weighted by Gasteiger charge is -2.23. The average molecular weight is 540 g/mol. The van der Waals surface area contributed by atoms with Gasteiger partial charge < -0.3 is 25.6 Å². The Morgan fingerprint density at radius 2 is 1.77 bits per heavy atom. The Kier molecular flexibility index (Phi) is 8.74. The van der Waals surface area contributed by atoms with Crippen molar-refractivity contribution in [3.05, 3.63) is 88.9 Å². The lowest BCUT2D eigenvalue weighted by Crippen LogP contribution is -2.21. The van der Waals surface area contributed by atoms with Crippen LogP contribution in [0.5, 0.6) is 11.5 Å². The summed E-state index contributed by atoms with van der Waals surface area (Å²) in [5, 5.41) is 15.6. The number of carbonyl (C=O) groups excluding carboxylic acids is 2. The van der Waals surface area contributed by atoms with Crippen molar-refractivity contribution in [3.8, 4) is 11.5 Å². The van der Waals surface area contributed by atoms with Gasteiger partial charge in [0.25, 0.3) is 0 Å². The van der Waals surface area contributed by atoms with E-state index in [1.165, 1.54) is 19.3 Å². The molecule has 0 unspecified atom stereocenters. The third-order valence-corrected chi connectivity index (χ3v) is 5.63. The maximum Gasteiger partial charge on any atom is 0.412 e. The van der Waals surface area contributed by atoms with Crippen molar-refractivity contribution in [2.24, 2.45) is 5.92 Å². The van der Waals surface area contributed by atoms with Crippen LogP contribution in [0.1, 0.15) is 18.6 Å². The van der Waals surface area contributed by atoms with Crippen LogP contribution in [0, 0.1) is 5.92 Å². The fraction of sp³-hybridized carbons (Fsp3) is 0.154. The van der Waals surface area contributed by atoms with Crippen molar-refractivity contribution in [1.82, 2.24) is 0 Å². The summed E-state index contributed by atoms with van der Waals surface area (Å²) in [5.74, 6) is -0.627. The number of rotatable bonds is 8. The standard InChI is InChI=1S/C26H26BrN3O5/c1-16(7-14-24(32)30-21-6-4-3-5-20(21)28)25(17-8-13-23(34-2)22(31)15-17)35-26(33)29-19-11-9-18(27)10-12-19/h3-16,25,31H,28H2,1-2H3,(H,29,33)(H,30,32)/b14-7+/t16-,25+/m1/s1. The Morgan fingerprint density at radius 1 is 1.06 bits per heavy atom. The van der Waals surface area contributed by atoms with E-state index in [9.17, 15) is 14.7 Å². The number of para-hydroxylation sites is 2. The minimum absolute atomic E-state index is 0.0969. The second kappa shape index (κ2) is 11.9. The summed E-state index contributed by atoms with van der Waals surface area (Å²) in [6.45, 7) is 1.79. The van der Waals surface area contributed by atoms with Gasteiger partial charge >= 0.3 is 6.09 Å². The first-order chi connectivity index (χ1) is 16.8. The van der Waals surface area contributed by atoms with Crippen LogP contribution in [-0.2, 0) is 9.53 Å². The zero-order valence-corrected chi connectivity index (χ0v) is 20.8. The zero-order chi connectivity index (χ0) is 25.4. The Balaban J connectivity index is 1.78. The van der Waals surface area contributed by atoms with Crippen LogP contribution in [0.2, 0.25) is 0 Å². The number of halogens is 1. The Bertz CT molecular complexity index is 1210. The molecule has 0 radical (unpaired) electrons. The minimum atomic E-state index is -0.812. The number of nitrogens with one attached hydrogen (secondary N) is 2. The number of hydrogen-bond donors (Lipinski definition) is 4. The Morgan fingerprint density at radius 3 is 2.43 bits per heavy atom. The molecule has 182 valence electrons. The number of nitrogen functional groups attached to an aromatic ring is 1. The van der Waals surface area contributed by atoms with E-state index in [1.807, 2.05) is 0 Å². The van der Waals surface area contributed by atoms with Gasteiger partial charge in [0.15, 0.2) is 11.5 Å². The molecule has 0 spiro atoms. The fourth-order valence-electron chi connectivity index (χ4n) is 3.28. The first-order valence-corrected chi connectivity index (χ1v) is 11.5. The van der Waals surface area contributed by atoms with Crippen molar-refractivity contribution in [1.29, 1.82) is 0 Å². The molecule has 0 heterocycles. The van der Waals surface area contributed by atoms with Gasteiger partial charge in [0, 0.05) is 16.1 Å². The average Bonchev–Trinajstić information content (AvgIpc) is 2.84. The molecule has 0 bridgehead atoms. The number of amides is 2. The maximum absolute atomic E-state index is 12.7. The molecule has 9 heteroatoms.